The highest BCUT2D eigenvalue weighted by atomic mass is 32.1. The number of carbonyl (C=O) groups is 2. The second-order valence-corrected chi connectivity index (χ2v) is 6.41. The fourth-order valence-electron chi connectivity index (χ4n) is 2.15. The molecule has 0 saturated carbocycles. The van der Waals surface area contributed by atoms with E-state index in [0.29, 0.717) is 18.5 Å². The predicted octanol–water partition coefficient (Wildman–Crippen LogP) is 2.84. The van der Waals surface area contributed by atoms with Crippen LogP contribution in [-0.4, -0.2) is 30.6 Å². The summed E-state index contributed by atoms with van der Waals surface area (Å²) < 4.78 is 4.66. The molecule has 24 heavy (non-hydrogen) atoms. The van der Waals surface area contributed by atoms with E-state index in [2.05, 4.69) is 20.4 Å². The Morgan fingerprint density at radius 1 is 1.29 bits per heavy atom. The molecule has 0 aliphatic rings. The molecular weight excluding hydrogens is 326 g/mol. The minimum Gasteiger partial charge on any atom is -0.465 e. The Morgan fingerprint density at radius 2 is 2.00 bits per heavy atom. The highest BCUT2D eigenvalue weighted by Crippen LogP contribution is 2.15. The second kappa shape index (κ2) is 8.44. The highest BCUT2D eigenvalue weighted by Gasteiger charge is 2.11. The number of urea groups is 1. The molecule has 1 atom stereocenters. The molecule has 7 heteroatoms. The normalized spacial score (nSPS) is 11.6. The molecular formula is C17H21N3O3S. The molecule has 0 fully saturated rings. The van der Waals surface area contributed by atoms with Crippen LogP contribution in [0.1, 0.15) is 39.6 Å². The number of methoxy groups -OCH3 is 1. The molecule has 2 rings (SSSR count). The molecule has 1 heterocycles. The van der Waals surface area contributed by atoms with Gasteiger partial charge in [0.2, 0.25) is 0 Å². The van der Waals surface area contributed by atoms with Crippen LogP contribution in [0.5, 0.6) is 0 Å². The van der Waals surface area contributed by atoms with Crippen LogP contribution < -0.4 is 10.6 Å². The van der Waals surface area contributed by atoms with Crippen molar-refractivity contribution in [3.8, 4) is 0 Å². The summed E-state index contributed by atoms with van der Waals surface area (Å²) >= 11 is 1.56. The molecule has 0 unspecified atom stereocenters. The summed E-state index contributed by atoms with van der Waals surface area (Å²) in [5.74, 6) is -0.356. The summed E-state index contributed by atoms with van der Waals surface area (Å²) in [5, 5.41) is 8.61. The van der Waals surface area contributed by atoms with Gasteiger partial charge >= 0.3 is 12.0 Å². The van der Waals surface area contributed by atoms with E-state index in [1.165, 1.54) is 7.11 Å². The maximum atomic E-state index is 11.9. The third-order valence-electron chi connectivity index (χ3n) is 3.50. The number of ether oxygens (including phenoxy) is 1. The molecule has 2 N–H and O–H groups in total. The number of carbonyl (C=O) groups excluding carboxylic acids is 2. The minimum absolute atomic E-state index is 0.130. The number of aryl methyl sites for hydroxylation is 1. The van der Waals surface area contributed by atoms with Crippen LogP contribution in [0.4, 0.5) is 4.79 Å². The van der Waals surface area contributed by atoms with Crippen molar-refractivity contribution in [2.75, 3.05) is 13.7 Å². The van der Waals surface area contributed by atoms with Crippen molar-refractivity contribution in [2.24, 2.45) is 0 Å². The van der Waals surface area contributed by atoms with Gasteiger partial charge in [0.25, 0.3) is 0 Å². The van der Waals surface area contributed by atoms with E-state index in [4.69, 9.17) is 0 Å². The lowest BCUT2D eigenvalue weighted by Gasteiger charge is -2.12. The van der Waals surface area contributed by atoms with Crippen molar-refractivity contribution >= 4 is 23.3 Å². The zero-order valence-corrected chi connectivity index (χ0v) is 14.8. The van der Waals surface area contributed by atoms with Crippen molar-refractivity contribution in [2.45, 2.75) is 26.3 Å². The number of amides is 2. The van der Waals surface area contributed by atoms with E-state index in [0.717, 1.165) is 16.3 Å². The van der Waals surface area contributed by atoms with Gasteiger partial charge in [0.15, 0.2) is 0 Å². The van der Waals surface area contributed by atoms with E-state index >= 15 is 0 Å². The molecule has 2 amide bonds. The first-order chi connectivity index (χ1) is 11.5. The van der Waals surface area contributed by atoms with Crippen molar-refractivity contribution in [3.63, 3.8) is 0 Å². The number of nitrogens with zero attached hydrogens (tertiary/aromatic N) is 1. The third-order valence-corrected chi connectivity index (χ3v) is 4.29. The molecule has 1 aromatic carbocycles. The number of nitrogens with one attached hydrogen (secondary N) is 2. The van der Waals surface area contributed by atoms with E-state index in [-0.39, 0.29) is 18.0 Å². The van der Waals surface area contributed by atoms with Crippen LogP contribution in [0.15, 0.2) is 29.6 Å². The molecule has 6 nitrogen and oxygen atoms in total. The lowest BCUT2D eigenvalue weighted by Crippen LogP contribution is -2.38. The molecule has 0 saturated heterocycles. The summed E-state index contributed by atoms with van der Waals surface area (Å²) in [5.41, 5.74) is 2.41. The number of hydrogen-bond donors (Lipinski definition) is 2. The summed E-state index contributed by atoms with van der Waals surface area (Å²) in [7, 11) is 1.35. The zero-order valence-electron chi connectivity index (χ0n) is 14.0. The maximum Gasteiger partial charge on any atom is 0.337 e. The van der Waals surface area contributed by atoms with Gasteiger partial charge in [-0.1, -0.05) is 12.1 Å². The Kier molecular flexibility index (Phi) is 6.31. The molecule has 0 bridgehead atoms. The number of thiazole rings is 1. The lowest BCUT2D eigenvalue weighted by atomic mass is 10.1. The first kappa shape index (κ1) is 17.9. The monoisotopic (exact) mass is 347 g/mol. The van der Waals surface area contributed by atoms with E-state index in [1.54, 1.807) is 23.5 Å². The smallest absolute Gasteiger partial charge is 0.337 e. The fourth-order valence-corrected chi connectivity index (χ4v) is 2.85. The van der Waals surface area contributed by atoms with Gasteiger partial charge in [0.05, 0.1) is 29.4 Å². The van der Waals surface area contributed by atoms with Crippen LogP contribution in [0, 0.1) is 6.92 Å². The number of hydrogen-bond acceptors (Lipinski definition) is 5. The molecule has 2 aromatic rings. The second-order valence-electron chi connectivity index (χ2n) is 5.35. The van der Waals surface area contributed by atoms with Gasteiger partial charge in [-0.05, 0) is 38.0 Å². The molecule has 128 valence electrons. The largest absolute Gasteiger partial charge is 0.465 e. The Balaban J connectivity index is 1.75. The fraction of sp³-hybridized carbons (Fsp3) is 0.353. The van der Waals surface area contributed by atoms with Crippen molar-refractivity contribution in [3.05, 3.63) is 51.5 Å². The van der Waals surface area contributed by atoms with Gasteiger partial charge in [-0.25, -0.2) is 14.6 Å². The Bertz CT molecular complexity index is 697. The van der Waals surface area contributed by atoms with Crippen molar-refractivity contribution < 1.29 is 14.3 Å². The maximum absolute atomic E-state index is 11.9. The average molecular weight is 347 g/mol. The van der Waals surface area contributed by atoms with Crippen LogP contribution >= 0.6 is 11.3 Å². The first-order valence-electron chi connectivity index (χ1n) is 7.63. The molecule has 0 radical (unpaired) electrons. The number of aromatic nitrogens is 1. The number of benzene rings is 1. The SMILES string of the molecule is COC(=O)c1ccc(CCNC(=O)N[C@H](C)c2csc(C)n2)cc1. The van der Waals surface area contributed by atoms with Crippen molar-refractivity contribution in [1.29, 1.82) is 0 Å². The minimum atomic E-state index is -0.356. The summed E-state index contributed by atoms with van der Waals surface area (Å²) in [6.45, 7) is 4.35. The summed E-state index contributed by atoms with van der Waals surface area (Å²) in [6, 6.07) is 6.79. The van der Waals surface area contributed by atoms with Gasteiger partial charge < -0.3 is 15.4 Å². The molecule has 0 aliphatic carbocycles. The van der Waals surface area contributed by atoms with Gasteiger partial charge in [0.1, 0.15) is 0 Å². The van der Waals surface area contributed by atoms with Crippen LogP contribution in [0.3, 0.4) is 0 Å². The van der Waals surface area contributed by atoms with Gasteiger partial charge in [-0.3, -0.25) is 0 Å². The standard InChI is InChI=1S/C17H21N3O3S/c1-11(15-10-24-12(2)20-15)19-17(22)18-9-8-13-4-6-14(7-5-13)16(21)23-3/h4-7,10-11H,8-9H2,1-3H3,(H2,18,19,22)/t11-/m1/s1. The summed E-state index contributed by atoms with van der Waals surface area (Å²) in [6.07, 6.45) is 0.680. The van der Waals surface area contributed by atoms with E-state index in [9.17, 15) is 9.59 Å². The Labute approximate surface area is 145 Å². The average Bonchev–Trinajstić information content (AvgIpc) is 3.01. The van der Waals surface area contributed by atoms with E-state index in [1.807, 2.05) is 31.4 Å². The Morgan fingerprint density at radius 3 is 2.58 bits per heavy atom. The molecule has 0 spiro atoms. The lowest BCUT2D eigenvalue weighted by molar-refractivity contribution is 0.0600. The van der Waals surface area contributed by atoms with Crippen molar-refractivity contribution in [1.82, 2.24) is 15.6 Å². The zero-order chi connectivity index (χ0) is 17.5. The van der Waals surface area contributed by atoms with Gasteiger partial charge in [-0.2, -0.15) is 0 Å². The van der Waals surface area contributed by atoms with Crippen LogP contribution in [0.25, 0.3) is 0 Å². The van der Waals surface area contributed by atoms with Crippen LogP contribution in [0.2, 0.25) is 0 Å². The summed E-state index contributed by atoms with van der Waals surface area (Å²) in [4.78, 5) is 27.6. The van der Waals surface area contributed by atoms with Crippen LogP contribution in [-0.2, 0) is 11.2 Å². The van der Waals surface area contributed by atoms with Gasteiger partial charge in [0, 0.05) is 11.9 Å². The predicted molar refractivity (Wildman–Crippen MR) is 93.3 cm³/mol. The first-order valence-corrected chi connectivity index (χ1v) is 8.51. The van der Waals surface area contributed by atoms with E-state index < -0.39 is 0 Å². The molecule has 1 aromatic heterocycles. The Hall–Kier alpha value is -2.41. The van der Waals surface area contributed by atoms with Gasteiger partial charge in [-0.15, -0.1) is 11.3 Å². The quantitative estimate of drug-likeness (QED) is 0.788. The number of rotatable bonds is 6. The number of esters is 1. The third kappa shape index (κ3) is 5.06. The molecule has 0 aliphatic heterocycles. The topological polar surface area (TPSA) is 80.3 Å². The highest BCUT2D eigenvalue weighted by molar-refractivity contribution is 7.09.